The van der Waals surface area contributed by atoms with Crippen LogP contribution in [0.4, 0.5) is 4.79 Å². The molecule has 2 amide bonds. The summed E-state index contributed by atoms with van der Waals surface area (Å²) >= 11 is 1.95. The van der Waals surface area contributed by atoms with E-state index < -0.39 is 0 Å². The van der Waals surface area contributed by atoms with E-state index in [1.165, 1.54) is 0 Å². The van der Waals surface area contributed by atoms with Crippen LogP contribution < -0.4 is 0 Å². The molecule has 0 saturated carbocycles. The molecule has 0 radical (unpaired) electrons. The Morgan fingerprint density at radius 1 is 1.57 bits per heavy atom. The van der Waals surface area contributed by atoms with Crippen molar-refractivity contribution < 1.29 is 9.53 Å². The van der Waals surface area contributed by atoms with Gasteiger partial charge in [-0.1, -0.05) is 6.07 Å². The van der Waals surface area contributed by atoms with Crippen molar-refractivity contribution in [3.63, 3.8) is 0 Å². The molecule has 2 fully saturated rings. The fourth-order valence-corrected chi connectivity index (χ4v) is 4.45. The Bertz CT molecular complexity index is 503. The van der Waals surface area contributed by atoms with E-state index in [1.54, 1.807) is 25.2 Å². The summed E-state index contributed by atoms with van der Waals surface area (Å²) in [6.07, 6.45) is 4.94. The van der Waals surface area contributed by atoms with Crippen molar-refractivity contribution in [3.05, 3.63) is 30.1 Å². The lowest BCUT2D eigenvalue weighted by Gasteiger charge is -2.48. The van der Waals surface area contributed by atoms with Crippen molar-refractivity contribution in [2.24, 2.45) is 0 Å². The quantitative estimate of drug-likeness (QED) is 0.855. The first-order valence-corrected chi connectivity index (χ1v) is 8.17. The van der Waals surface area contributed by atoms with Crippen LogP contribution in [0.15, 0.2) is 24.5 Å². The maximum atomic E-state index is 11.9. The normalized spacial score (nSPS) is 23.1. The van der Waals surface area contributed by atoms with Gasteiger partial charge in [0.1, 0.15) is 0 Å². The van der Waals surface area contributed by atoms with Crippen LogP contribution in [-0.4, -0.2) is 64.6 Å². The van der Waals surface area contributed by atoms with E-state index in [1.807, 2.05) is 35.0 Å². The summed E-state index contributed by atoms with van der Waals surface area (Å²) in [5.74, 6) is 1.02. The molecule has 1 spiro atoms. The van der Waals surface area contributed by atoms with Crippen LogP contribution in [0.1, 0.15) is 12.0 Å². The van der Waals surface area contributed by atoms with Gasteiger partial charge in [0.15, 0.2) is 0 Å². The largest absolute Gasteiger partial charge is 0.373 e. The molecule has 5 nitrogen and oxygen atoms in total. The zero-order valence-corrected chi connectivity index (χ0v) is 13.3. The predicted octanol–water partition coefficient (Wildman–Crippen LogP) is 1.84. The maximum Gasteiger partial charge on any atom is 0.319 e. The molecule has 0 aliphatic carbocycles. The number of amides is 2. The Morgan fingerprint density at radius 2 is 2.38 bits per heavy atom. The highest BCUT2D eigenvalue weighted by molar-refractivity contribution is 8.01. The van der Waals surface area contributed by atoms with Crippen molar-refractivity contribution in [1.82, 2.24) is 14.8 Å². The zero-order valence-electron chi connectivity index (χ0n) is 12.5. The fourth-order valence-electron chi connectivity index (χ4n) is 2.89. The molecule has 1 aromatic rings. The number of carbonyl (C=O) groups excluding carboxylic acids is 1. The number of ether oxygens (including phenoxy) is 1. The van der Waals surface area contributed by atoms with Crippen molar-refractivity contribution >= 4 is 17.8 Å². The van der Waals surface area contributed by atoms with E-state index in [4.69, 9.17) is 4.74 Å². The molecule has 0 aromatic carbocycles. The Hall–Kier alpha value is -1.27. The molecule has 0 N–H and O–H groups in total. The number of carbonyl (C=O) groups is 1. The molecule has 0 bridgehead atoms. The van der Waals surface area contributed by atoms with Gasteiger partial charge in [-0.15, -0.1) is 11.8 Å². The number of nitrogens with zero attached hydrogens (tertiary/aromatic N) is 3. The minimum Gasteiger partial charge on any atom is -0.373 e. The summed E-state index contributed by atoms with van der Waals surface area (Å²) in [5, 5.41) is 0. The molecule has 21 heavy (non-hydrogen) atoms. The molecule has 3 rings (SSSR count). The van der Waals surface area contributed by atoms with Crippen LogP contribution in [0.5, 0.6) is 0 Å². The smallest absolute Gasteiger partial charge is 0.319 e. The summed E-state index contributed by atoms with van der Waals surface area (Å²) in [7, 11) is 3.60. The summed E-state index contributed by atoms with van der Waals surface area (Å²) in [6.45, 7) is 2.32. The number of thioether (sulfide) groups is 1. The monoisotopic (exact) mass is 307 g/mol. The molecule has 0 unspecified atom stereocenters. The first-order chi connectivity index (χ1) is 10.1. The highest BCUT2D eigenvalue weighted by Crippen LogP contribution is 2.46. The van der Waals surface area contributed by atoms with E-state index in [2.05, 4.69) is 4.98 Å². The van der Waals surface area contributed by atoms with Gasteiger partial charge in [-0.25, -0.2) is 4.79 Å². The fraction of sp³-hybridized carbons (Fsp3) is 0.600. The SMILES string of the molecule is CN(C)C(=O)N1CC2(C[C@H](OCc3cccnc3)CS2)C1. The molecular weight excluding hydrogens is 286 g/mol. The molecule has 2 saturated heterocycles. The van der Waals surface area contributed by atoms with Gasteiger partial charge in [0.2, 0.25) is 0 Å². The van der Waals surface area contributed by atoms with Crippen LogP contribution in [0.25, 0.3) is 0 Å². The Morgan fingerprint density at radius 3 is 3.05 bits per heavy atom. The first kappa shape index (κ1) is 14.7. The number of rotatable bonds is 3. The Balaban J connectivity index is 1.46. The third-order valence-electron chi connectivity index (χ3n) is 3.99. The number of aromatic nitrogens is 1. The van der Waals surface area contributed by atoms with Gasteiger partial charge in [-0.3, -0.25) is 4.98 Å². The molecule has 2 aliphatic heterocycles. The predicted molar refractivity (Wildman–Crippen MR) is 83.3 cm³/mol. The Kier molecular flexibility index (Phi) is 4.08. The van der Waals surface area contributed by atoms with Gasteiger partial charge in [0, 0.05) is 45.3 Å². The van der Waals surface area contributed by atoms with E-state index in [-0.39, 0.29) is 16.9 Å². The lowest BCUT2D eigenvalue weighted by molar-refractivity contribution is 0.0324. The Labute approximate surface area is 129 Å². The number of hydrogen-bond donors (Lipinski definition) is 0. The third kappa shape index (κ3) is 3.16. The molecule has 114 valence electrons. The van der Waals surface area contributed by atoms with Crippen molar-refractivity contribution in [2.75, 3.05) is 32.9 Å². The molecule has 6 heteroatoms. The summed E-state index contributed by atoms with van der Waals surface area (Å²) in [4.78, 5) is 19.5. The second kappa shape index (κ2) is 5.85. The summed E-state index contributed by atoms with van der Waals surface area (Å²) in [5.41, 5.74) is 1.11. The van der Waals surface area contributed by atoms with E-state index in [0.717, 1.165) is 30.8 Å². The van der Waals surface area contributed by atoms with Gasteiger partial charge in [0.05, 0.1) is 17.5 Å². The minimum absolute atomic E-state index is 0.112. The maximum absolute atomic E-state index is 11.9. The second-order valence-corrected chi connectivity index (χ2v) is 7.51. The molecular formula is C15H21N3O2S. The highest BCUT2D eigenvalue weighted by atomic mass is 32.2. The lowest BCUT2D eigenvalue weighted by atomic mass is 9.93. The van der Waals surface area contributed by atoms with Gasteiger partial charge >= 0.3 is 6.03 Å². The van der Waals surface area contributed by atoms with E-state index in [9.17, 15) is 4.79 Å². The van der Waals surface area contributed by atoms with Gasteiger partial charge in [-0.05, 0) is 18.1 Å². The minimum atomic E-state index is 0.112. The average Bonchev–Trinajstić information content (AvgIpc) is 2.88. The highest BCUT2D eigenvalue weighted by Gasteiger charge is 2.51. The van der Waals surface area contributed by atoms with Crippen molar-refractivity contribution in [1.29, 1.82) is 0 Å². The van der Waals surface area contributed by atoms with Crippen LogP contribution in [0, 0.1) is 0 Å². The van der Waals surface area contributed by atoms with Crippen LogP contribution in [0.2, 0.25) is 0 Å². The third-order valence-corrected chi connectivity index (χ3v) is 5.57. The number of urea groups is 1. The molecule has 3 heterocycles. The second-order valence-electron chi connectivity index (χ2n) is 6.03. The number of pyridine rings is 1. The van der Waals surface area contributed by atoms with Gasteiger partial charge in [-0.2, -0.15) is 0 Å². The zero-order chi connectivity index (χ0) is 14.9. The number of likely N-dealkylation sites (tertiary alicyclic amines) is 1. The van der Waals surface area contributed by atoms with E-state index >= 15 is 0 Å². The topological polar surface area (TPSA) is 45.7 Å². The standard InChI is InChI=1S/C15H21N3O2S/c1-17(2)14(19)18-10-15(11-18)6-13(9-21-15)20-8-12-4-3-5-16-7-12/h3-5,7,13H,6,8-11H2,1-2H3/t13-/m0/s1. The number of hydrogen-bond acceptors (Lipinski definition) is 4. The molecule has 1 aromatic heterocycles. The molecule has 1 atom stereocenters. The first-order valence-electron chi connectivity index (χ1n) is 7.19. The lowest BCUT2D eigenvalue weighted by Crippen LogP contribution is -2.62. The van der Waals surface area contributed by atoms with Crippen molar-refractivity contribution in [2.45, 2.75) is 23.9 Å². The van der Waals surface area contributed by atoms with E-state index in [0.29, 0.717) is 6.61 Å². The summed E-state index contributed by atoms with van der Waals surface area (Å²) < 4.78 is 6.22. The van der Waals surface area contributed by atoms with Crippen molar-refractivity contribution in [3.8, 4) is 0 Å². The molecule has 2 aliphatic rings. The van der Waals surface area contributed by atoms with Gasteiger partial charge < -0.3 is 14.5 Å². The van der Waals surface area contributed by atoms with Gasteiger partial charge in [0.25, 0.3) is 0 Å². The summed E-state index contributed by atoms with van der Waals surface area (Å²) in [6, 6.07) is 4.08. The van der Waals surface area contributed by atoms with Crippen LogP contribution in [-0.2, 0) is 11.3 Å². The van der Waals surface area contributed by atoms with Crippen LogP contribution >= 0.6 is 11.8 Å². The average molecular weight is 307 g/mol. The van der Waals surface area contributed by atoms with Crippen LogP contribution in [0.3, 0.4) is 0 Å².